The van der Waals surface area contributed by atoms with E-state index in [9.17, 15) is 19.8 Å². The highest BCUT2D eigenvalue weighted by Crippen LogP contribution is 2.15. The molecule has 0 spiro atoms. The maximum absolute atomic E-state index is 11.7. The summed E-state index contributed by atoms with van der Waals surface area (Å²) >= 11 is 0. The fourth-order valence-corrected chi connectivity index (χ4v) is 2.58. The minimum atomic E-state index is -1.81. The van der Waals surface area contributed by atoms with E-state index in [2.05, 4.69) is 0 Å². The Hall–Kier alpha value is -2.78. The van der Waals surface area contributed by atoms with E-state index in [1.54, 1.807) is 48.5 Å². The van der Waals surface area contributed by atoms with E-state index >= 15 is 0 Å². The van der Waals surface area contributed by atoms with Crippen LogP contribution in [-0.4, -0.2) is 46.4 Å². The highest BCUT2D eigenvalue weighted by molar-refractivity contribution is 5.81. The van der Waals surface area contributed by atoms with Crippen molar-refractivity contribution in [3.05, 3.63) is 71.8 Å². The summed E-state index contributed by atoms with van der Waals surface area (Å²) in [4.78, 5) is 23.4. The van der Waals surface area contributed by atoms with Gasteiger partial charge in [0.15, 0.2) is 12.2 Å². The van der Waals surface area contributed by atoms with Crippen molar-refractivity contribution < 1.29 is 29.3 Å². The summed E-state index contributed by atoms with van der Waals surface area (Å²) < 4.78 is 10.7. The molecule has 4 atom stereocenters. The van der Waals surface area contributed by atoms with Crippen molar-refractivity contribution in [3.63, 3.8) is 0 Å². The molecule has 6 N–H and O–H groups in total. The quantitative estimate of drug-likeness (QED) is 0.421. The Bertz CT molecular complexity index is 690. The van der Waals surface area contributed by atoms with Gasteiger partial charge in [0.1, 0.15) is 12.2 Å². The van der Waals surface area contributed by atoms with Gasteiger partial charge in [-0.2, -0.15) is 0 Å². The number of carbonyl (C=O) groups is 2. The number of rotatable bonds is 11. The third-order valence-electron chi connectivity index (χ3n) is 4.08. The molecule has 150 valence electrons. The molecule has 2 aromatic rings. The summed E-state index contributed by atoms with van der Waals surface area (Å²) in [5.74, 6) is -1.98. The van der Waals surface area contributed by atoms with E-state index < -0.39 is 36.2 Å². The number of amides is 2. The van der Waals surface area contributed by atoms with Gasteiger partial charge < -0.3 is 31.2 Å². The predicted octanol–water partition coefficient (Wildman–Crippen LogP) is -0.150. The summed E-state index contributed by atoms with van der Waals surface area (Å²) in [6, 6.07) is 17.8. The fraction of sp³-hybridized carbons (Fsp3) is 0.300. The monoisotopic (exact) mass is 388 g/mol. The van der Waals surface area contributed by atoms with E-state index in [-0.39, 0.29) is 13.2 Å². The minimum Gasteiger partial charge on any atom is -0.387 e. The second kappa shape index (κ2) is 10.5. The van der Waals surface area contributed by atoms with Crippen LogP contribution in [0.1, 0.15) is 11.1 Å². The van der Waals surface area contributed by atoms with Crippen molar-refractivity contribution in [1.29, 1.82) is 0 Å². The lowest BCUT2D eigenvalue weighted by atomic mass is 10.0. The van der Waals surface area contributed by atoms with Gasteiger partial charge in [0.2, 0.25) is 11.8 Å². The molecular weight excluding hydrogens is 364 g/mol. The standard InChI is InChI=1S/C20H24N2O6/c21-19(25)17(27-11-13-7-3-1-4-8-13)15(23)16(24)18(20(22)26)28-12-14-9-5-2-6-10-14/h1-10,15-18,23-24H,11-12H2,(H2,21,25)(H2,22,26)/t15-,16-,17-,18-/m1/s1. The van der Waals surface area contributed by atoms with E-state index in [1.807, 2.05) is 12.1 Å². The Morgan fingerprint density at radius 1 is 0.714 bits per heavy atom. The van der Waals surface area contributed by atoms with Crippen molar-refractivity contribution >= 4 is 11.8 Å². The van der Waals surface area contributed by atoms with Gasteiger partial charge in [0, 0.05) is 0 Å². The zero-order chi connectivity index (χ0) is 20.5. The first-order valence-corrected chi connectivity index (χ1v) is 8.66. The number of aliphatic hydroxyl groups excluding tert-OH is 2. The molecule has 0 unspecified atom stereocenters. The van der Waals surface area contributed by atoms with Crippen LogP contribution in [0, 0.1) is 0 Å². The van der Waals surface area contributed by atoms with Crippen LogP contribution in [0.15, 0.2) is 60.7 Å². The molecule has 0 fully saturated rings. The lowest BCUT2D eigenvalue weighted by molar-refractivity contribution is -0.167. The van der Waals surface area contributed by atoms with Crippen LogP contribution in [0.3, 0.4) is 0 Å². The number of benzene rings is 2. The molecule has 0 saturated heterocycles. The minimum absolute atomic E-state index is 0.0235. The zero-order valence-corrected chi connectivity index (χ0v) is 15.2. The second-order valence-electron chi connectivity index (χ2n) is 6.22. The lowest BCUT2D eigenvalue weighted by Crippen LogP contribution is -2.54. The second-order valence-corrected chi connectivity index (χ2v) is 6.22. The normalized spacial score (nSPS) is 15.4. The number of ether oxygens (including phenoxy) is 2. The Labute approximate surface area is 162 Å². The topological polar surface area (TPSA) is 145 Å². The smallest absolute Gasteiger partial charge is 0.249 e. The molecule has 28 heavy (non-hydrogen) atoms. The number of aliphatic hydroxyl groups is 2. The van der Waals surface area contributed by atoms with E-state index in [1.165, 1.54) is 0 Å². The van der Waals surface area contributed by atoms with Gasteiger partial charge in [-0.1, -0.05) is 60.7 Å². The fourth-order valence-electron chi connectivity index (χ4n) is 2.58. The molecule has 2 rings (SSSR count). The molecular formula is C20H24N2O6. The van der Waals surface area contributed by atoms with Gasteiger partial charge >= 0.3 is 0 Å². The summed E-state index contributed by atoms with van der Waals surface area (Å²) in [6.45, 7) is -0.0469. The van der Waals surface area contributed by atoms with E-state index in [0.29, 0.717) is 0 Å². The van der Waals surface area contributed by atoms with Crippen LogP contribution in [0.25, 0.3) is 0 Å². The molecule has 0 saturated carbocycles. The largest absolute Gasteiger partial charge is 0.387 e. The van der Waals surface area contributed by atoms with Crippen molar-refractivity contribution in [3.8, 4) is 0 Å². The molecule has 0 radical (unpaired) electrons. The van der Waals surface area contributed by atoms with Gasteiger partial charge in [-0.3, -0.25) is 9.59 Å². The summed E-state index contributed by atoms with van der Waals surface area (Å²) in [5.41, 5.74) is 12.1. The Morgan fingerprint density at radius 2 is 1.04 bits per heavy atom. The van der Waals surface area contributed by atoms with Gasteiger partial charge in [-0.05, 0) is 11.1 Å². The van der Waals surface area contributed by atoms with Crippen molar-refractivity contribution in [1.82, 2.24) is 0 Å². The molecule has 0 aliphatic heterocycles. The molecule has 0 aliphatic carbocycles. The van der Waals surface area contributed by atoms with E-state index in [4.69, 9.17) is 20.9 Å². The van der Waals surface area contributed by atoms with Crippen molar-refractivity contribution in [2.45, 2.75) is 37.6 Å². The summed E-state index contributed by atoms with van der Waals surface area (Å²) in [6.07, 6.45) is -6.74. The molecule has 0 aromatic heterocycles. The number of hydrogen-bond acceptors (Lipinski definition) is 6. The van der Waals surface area contributed by atoms with Crippen LogP contribution >= 0.6 is 0 Å². The molecule has 0 aliphatic rings. The van der Waals surface area contributed by atoms with Crippen LogP contribution in [-0.2, 0) is 32.3 Å². The number of primary amides is 2. The molecule has 0 heterocycles. The van der Waals surface area contributed by atoms with Crippen LogP contribution < -0.4 is 11.5 Å². The third-order valence-corrected chi connectivity index (χ3v) is 4.08. The first-order chi connectivity index (χ1) is 13.4. The van der Waals surface area contributed by atoms with Gasteiger partial charge in [-0.25, -0.2) is 0 Å². The molecule has 2 amide bonds. The van der Waals surface area contributed by atoms with Crippen LogP contribution in [0.5, 0.6) is 0 Å². The summed E-state index contributed by atoms with van der Waals surface area (Å²) in [5, 5.41) is 20.8. The highest BCUT2D eigenvalue weighted by atomic mass is 16.5. The first kappa shape index (κ1) is 21.5. The predicted molar refractivity (Wildman–Crippen MR) is 100 cm³/mol. The van der Waals surface area contributed by atoms with Crippen LogP contribution in [0.2, 0.25) is 0 Å². The Kier molecular flexibility index (Phi) is 8.09. The molecule has 8 nitrogen and oxygen atoms in total. The SMILES string of the molecule is NC(=O)[C@H](OCc1ccccc1)[C@H](O)[C@@H](O)[C@@H](OCc1ccccc1)C(N)=O. The van der Waals surface area contributed by atoms with E-state index in [0.717, 1.165) is 11.1 Å². The maximum Gasteiger partial charge on any atom is 0.249 e. The first-order valence-electron chi connectivity index (χ1n) is 8.66. The lowest BCUT2D eigenvalue weighted by Gasteiger charge is -2.29. The maximum atomic E-state index is 11.7. The van der Waals surface area contributed by atoms with Crippen molar-refractivity contribution in [2.75, 3.05) is 0 Å². The Morgan fingerprint density at radius 3 is 1.32 bits per heavy atom. The van der Waals surface area contributed by atoms with Gasteiger partial charge in [0.05, 0.1) is 13.2 Å². The number of hydrogen-bond donors (Lipinski definition) is 4. The summed E-state index contributed by atoms with van der Waals surface area (Å²) in [7, 11) is 0. The average molecular weight is 388 g/mol. The number of nitrogens with two attached hydrogens (primary N) is 2. The number of carbonyl (C=O) groups excluding carboxylic acids is 2. The molecule has 0 bridgehead atoms. The zero-order valence-electron chi connectivity index (χ0n) is 15.2. The average Bonchev–Trinajstić information content (AvgIpc) is 2.69. The van der Waals surface area contributed by atoms with Gasteiger partial charge in [-0.15, -0.1) is 0 Å². The highest BCUT2D eigenvalue weighted by Gasteiger charge is 2.39. The molecule has 2 aromatic carbocycles. The van der Waals surface area contributed by atoms with Crippen LogP contribution in [0.4, 0.5) is 0 Å². The molecule has 8 heteroatoms. The Balaban J connectivity index is 2.03. The van der Waals surface area contributed by atoms with Crippen molar-refractivity contribution in [2.24, 2.45) is 11.5 Å². The third kappa shape index (κ3) is 6.14. The van der Waals surface area contributed by atoms with Gasteiger partial charge in [0.25, 0.3) is 0 Å².